The van der Waals surface area contributed by atoms with Crippen molar-refractivity contribution in [2.75, 3.05) is 27.4 Å². The molecule has 0 heterocycles. The predicted molar refractivity (Wildman–Crippen MR) is 99.9 cm³/mol. The fourth-order valence-corrected chi connectivity index (χ4v) is 2.47. The number of hydrogen-bond donors (Lipinski definition) is 1. The van der Waals surface area contributed by atoms with Crippen LogP contribution in [0.15, 0.2) is 36.4 Å². The zero-order valence-electron chi connectivity index (χ0n) is 14.9. The van der Waals surface area contributed by atoms with Crippen LogP contribution in [0.4, 0.5) is 5.69 Å². The third-order valence-corrected chi connectivity index (χ3v) is 3.93. The Morgan fingerprint density at radius 1 is 1.15 bits per heavy atom. The maximum atomic E-state index is 11.9. The van der Waals surface area contributed by atoms with E-state index >= 15 is 0 Å². The Morgan fingerprint density at radius 2 is 1.78 bits per heavy atom. The SMILES string of the molecule is COc1cc(CCNC(=O)COc2ccc(Cl)cc2)c([N+](=O)[O-])cc1OC. The Balaban J connectivity index is 1.92. The molecule has 0 fully saturated rings. The monoisotopic (exact) mass is 394 g/mol. The summed E-state index contributed by atoms with van der Waals surface area (Å²) in [5, 5.41) is 14.5. The summed E-state index contributed by atoms with van der Waals surface area (Å²) in [7, 11) is 2.85. The molecule has 0 radical (unpaired) electrons. The zero-order chi connectivity index (χ0) is 19.8. The minimum absolute atomic E-state index is 0.0979. The first kappa shape index (κ1) is 20.3. The summed E-state index contributed by atoms with van der Waals surface area (Å²) in [6.07, 6.45) is 0.253. The third-order valence-electron chi connectivity index (χ3n) is 3.68. The van der Waals surface area contributed by atoms with Crippen LogP contribution in [0.3, 0.4) is 0 Å². The second-order valence-corrected chi connectivity index (χ2v) is 5.87. The summed E-state index contributed by atoms with van der Waals surface area (Å²) in [5.74, 6) is 0.835. The van der Waals surface area contributed by atoms with Crippen LogP contribution in [0, 0.1) is 10.1 Å². The van der Waals surface area contributed by atoms with E-state index in [1.54, 1.807) is 24.3 Å². The van der Waals surface area contributed by atoms with Gasteiger partial charge in [-0.2, -0.15) is 0 Å². The number of carbonyl (C=O) groups is 1. The zero-order valence-corrected chi connectivity index (χ0v) is 15.6. The number of carbonyl (C=O) groups excluding carboxylic acids is 1. The van der Waals surface area contributed by atoms with Crippen LogP contribution in [-0.4, -0.2) is 38.2 Å². The highest BCUT2D eigenvalue weighted by Gasteiger charge is 2.19. The molecule has 0 aliphatic carbocycles. The van der Waals surface area contributed by atoms with Gasteiger partial charge in [-0.1, -0.05) is 11.6 Å². The summed E-state index contributed by atoms with van der Waals surface area (Å²) in [4.78, 5) is 22.6. The molecule has 0 bridgehead atoms. The van der Waals surface area contributed by atoms with Crippen LogP contribution < -0.4 is 19.5 Å². The van der Waals surface area contributed by atoms with Crippen LogP contribution >= 0.6 is 11.6 Å². The number of halogens is 1. The van der Waals surface area contributed by atoms with Crippen LogP contribution in [0.25, 0.3) is 0 Å². The molecule has 0 aliphatic rings. The van der Waals surface area contributed by atoms with Crippen molar-refractivity contribution in [3.05, 3.63) is 57.1 Å². The van der Waals surface area contributed by atoms with Gasteiger partial charge >= 0.3 is 0 Å². The molecule has 144 valence electrons. The normalized spacial score (nSPS) is 10.2. The number of nitro benzene ring substituents is 1. The molecular formula is C18H19ClN2O6. The molecule has 2 aromatic rings. The fraction of sp³-hybridized carbons (Fsp3) is 0.278. The molecule has 0 atom stereocenters. The van der Waals surface area contributed by atoms with Crippen molar-refractivity contribution in [3.8, 4) is 17.2 Å². The van der Waals surface area contributed by atoms with E-state index in [0.717, 1.165) is 0 Å². The van der Waals surface area contributed by atoms with Crippen LogP contribution in [0.1, 0.15) is 5.56 Å². The maximum absolute atomic E-state index is 11.9. The Bertz CT molecular complexity index is 810. The number of ether oxygens (including phenoxy) is 3. The average Bonchev–Trinajstić information content (AvgIpc) is 2.66. The molecule has 0 aliphatic heterocycles. The van der Waals surface area contributed by atoms with Crippen molar-refractivity contribution in [3.63, 3.8) is 0 Å². The molecule has 8 nitrogen and oxygen atoms in total. The highest BCUT2D eigenvalue weighted by Crippen LogP contribution is 2.34. The molecule has 2 aromatic carbocycles. The van der Waals surface area contributed by atoms with E-state index in [1.807, 2.05) is 0 Å². The lowest BCUT2D eigenvalue weighted by molar-refractivity contribution is -0.385. The number of benzene rings is 2. The van der Waals surface area contributed by atoms with Crippen LogP contribution in [-0.2, 0) is 11.2 Å². The number of nitro groups is 1. The molecule has 0 spiro atoms. The van der Waals surface area contributed by atoms with E-state index in [2.05, 4.69) is 5.32 Å². The number of amides is 1. The van der Waals surface area contributed by atoms with E-state index in [9.17, 15) is 14.9 Å². The standard InChI is InChI=1S/C18H19ClN2O6/c1-25-16-9-12(15(21(23)24)10-17(16)26-2)7-8-20-18(22)11-27-14-5-3-13(19)4-6-14/h3-6,9-10H,7-8,11H2,1-2H3,(H,20,22). The Labute approximate surface area is 161 Å². The Hall–Kier alpha value is -3.00. The van der Waals surface area contributed by atoms with E-state index < -0.39 is 4.92 Å². The van der Waals surface area contributed by atoms with Crippen molar-refractivity contribution < 1.29 is 23.9 Å². The van der Waals surface area contributed by atoms with Gasteiger partial charge in [0.1, 0.15) is 5.75 Å². The van der Waals surface area contributed by atoms with Gasteiger partial charge in [-0.05, 0) is 36.8 Å². The maximum Gasteiger partial charge on any atom is 0.276 e. The summed E-state index contributed by atoms with van der Waals surface area (Å²) >= 11 is 5.78. The molecule has 0 aromatic heterocycles. The summed E-state index contributed by atoms with van der Waals surface area (Å²) in [6.45, 7) is 0.0365. The quantitative estimate of drug-likeness (QED) is 0.518. The molecule has 0 unspecified atom stereocenters. The van der Waals surface area contributed by atoms with Gasteiger partial charge in [0.2, 0.25) is 0 Å². The van der Waals surface area contributed by atoms with Gasteiger partial charge in [0, 0.05) is 17.1 Å². The van der Waals surface area contributed by atoms with Crippen molar-refractivity contribution >= 4 is 23.2 Å². The highest BCUT2D eigenvalue weighted by atomic mass is 35.5. The van der Waals surface area contributed by atoms with Gasteiger partial charge in [0.25, 0.3) is 11.6 Å². The first-order valence-electron chi connectivity index (χ1n) is 7.99. The minimum Gasteiger partial charge on any atom is -0.493 e. The van der Waals surface area contributed by atoms with Crippen molar-refractivity contribution in [2.45, 2.75) is 6.42 Å². The molecule has 1 amide bonds. The summed E-state index contributed by atoms with van der Waals surface area (Å²) < 4.78 is 15.6. The lowest BCUT2D eigenvalue weighted by Gasteiger charge is -2.11. The van der Waals surface area contributed by atoms with Gasteiger partial charge in [0.15, 0.2) is 18.1 Å². The molecule has 0 saturated heterocycles. The molecule has 27 heavy (non-hydrogen) atoms. The Kier molecular flexibility index (Phi) is 7.25. The second kappa shape index (κ2) is 9.63. The van der Waals surface area contributed by atoms with Crippen molar-refractivity contribution in [1.29, 1.82) is 0 Å². The van der Waals surface area contributed by atoms with Gasteiger partial charge < -0.3 is 19.5 Å². The first-order valence-corrected chi connectivity index (χ1v) is 8.36. The first-order chi connectivity index (χ1) is 12.9. The molecule has 0 saturated carbocycles. The third kappa shape index (κ3) is 5.75. The molecule has 9 heteroatoms. The van der Waals surface area contributed by atoms with E-state index in [4.69, 9.17) is 25.8 Å². The smallest absolute Gasteiger partial charge is 0.276 e. The number of nitrogens with zero attached hydrogens (tertiary/aromatic N) is 1. The van der Waals surface area contributed by atoms with E-state index in [-0.39, 0.29) is 36.9 Å². The van der Waals surface area contributed by atoms with E-state index in [0.29, 0.717) is 22.1 Å². The minimum atomic E-state index is -0.497. The summed E-state index contributed by atoms with van der Waals surface area (Å²) in [6, 6.07) is 9.47. The van der Waals surface area contributed by atoms with Gasteiger partial charge in [-0.15, -0.1) is 0 Å². The largest absolute Gasteiger partial charge is 0.493 e. The number of nitrogens with one attached hydrogen (secondary N) is 1. The fourth-order valence-electron chi connectivity index (χ4n) is 2.35. The average molecular weight is 395 g/mol. The van der Waals surface area contributed by atoms with Gasteiger partial charge in [-0.25, -0.2) is 0 Å². The number of rotatable bonds is 9. The van der Waals surface area contributed by atoms with Gasteiger partial charge in [-0.3, -0.25) is 14.9 Å². The molecular weight excluding hydrogens is 376 g/mol. The highest BCUT2D eigenvalue weighted by molar-refractivity contribution is 6.30. The van der Waals surface area contributed by atoms with Gasteiger partial charge in [0.05, 0.1) is 25.2 Å². The molecule has 2 rings (SSSR count). The number of methoxy groups -OCH3 is 2. The molecule has 1 N–H and O–H groups in total. The Morgan fingerprint density at radius 3 is 2.37 bits per heavy atom. The summed E-state index contributed by atoms with van der Waals surface area (Å²) in [5.41, 5.74) is 0.330. The number of hydrogen-bond acceptors (Lipinski definition) is 6. The van der Waals surface area contributed by atoms with Crippen molar-refractivity contribution in [1.82, 2.24) is 5.32 Å². The van der Waals surface area contributed by atoms with E-state index in [1.165, 1.54) is 26.4 Å². The second-order valence-electron chi connectivity index (χ2n) is 5.44. The van der Waals surface area contributed by atoms with Crippen molar-refractivity contribution in [2.24, 2.45) is 0 Å². The predicted octanol–water partition coefficient (Wildman–Crippen LogP) is 3.00. The van der Waals surface area contributed by atoms with Crippen LogP contribution in [0.2, 0.25) is 5.02 Å². The topological polar surface area (TPSA) is 99.9 Å². The van der Waals surface area contributed by atoms with Crippen LogP contribution in [0.5, 0.6) is 17.2 Å². The lowest BCUT2D eigenvalue weighted by Crippen LogP contribution is -2.30. The lowest BCUT2D eigenvalue weighted by atomic mass is 10.1.